The highest BCUT2D eigenvalue weighted by molar-refractivity contribution is 4.68. The Labute approximate surface area is 261 Å². The molecule has 0 aromatic carbocycles. The van der Waals surface area contributed by atoms with E-state index in [1.807, 2.05) is 0 Å². The molecule has 1 aliphatic rings. The molecule has 1 atom stereocenters. The Morgan fingerprint density at radius 3 is 0.634 bits per heavy atom. The van der Waals surface area contributed by atoms with Crippen molar-refractivity contribution < 1.29 is 4.74 Å². The largest absolute Gasteiger partial charge is 0.373 e. The monoisotopic (exact) mass is 577 g/mol. The van der Waals surface area contributed by atoms with Crippen LogP contribution in [-0.4, -0.2) is 12.7 Å². The maximum Gasteiger partial charge on any atom is 0.0810 e. The zero-order valence-electron chi connectivity index (χ0n) is 28.9. The molecule has 0 N–H and O–H groups in total. The molecule has 1 saturated heterocycles. The molecule has 0 aromatic rings. The van der Waals surface area contributed by atoms with Crippen LogP contribution in [0.15, 0.2) is 0 Å². The number of rotatable bonds is 37. The Kier molecular flexibility index (Phi) is 32.8. The molecular formula is C40H80O. The van der Waals surface area contributed by atoms with Gasteiger partial charge in [0.15, 0.2) is 0 Å². The van der Waals surface area contributed by atoms with E-state index < -0.39 is 0 Å². The van der Waals surface area contributed by atoms with E-state index in [1.165, 1.54) is 238 Å². The Balaban J connectivity index is 1.58. The summed E-state index contributed by atoms with van der Waals surface area (Å²) in [5.74, 6) is 0. The topological polar surface area (TPSA) is 12.5 Å². The van der Waals surface area contributed by atoms with Gasteiger partial charge in [-0.05, 0) is 6.42 Å². The third-order valence-corrected chi connectivity index (χ3v) is 9.78. The molecule has 0 aliphatic carbocycles. The summed E-state index contributed by atoms with van der Waals surface area (Å²) in [5.41, 5.74) is 0. The van der Waals surface area contributed by atoms with Crippen molar-refractivity contribution in [2.24, 2.45) is 0 Å². The first-order chi connectivity index (χ1) is 20.4. The molecule has 0 saturated carbocycles. The van der Waals surface area contributed by atoms with E-state index in [4.69, 9.17) is 4.74 Å². The van der Waals surface area contributed by atoms with Crippen LogP contribution in [0, 0.1) is 0 Å². The minimum atomic E-state index is 0.646. The average Bonchev–Trinajstić information content (AvgIpc) is 3.81. The molecule has 1 unspecified atom stereocenters. The van der Waals surface area contributed by atoms with Gasteiger partial charge in [-0.1, -0.05) is 238 Å². The van der Waals surface area contributed by atoms with Crippen molar-refractivity contribution in [1.29, 1.82) is 0 Å². The van der Waals surface area contributed by atoms with Gasteiger partial charge >= 0.3 is 0 Å². The Hall–Kier alpha value is -0.0400. The fourth-order valence-electron chi connectivity index (χ4n) is 6.69. The molecule has 41 heavy (non-hydrogen) atoms. The van der Waals surface area contributed by atoms with Gasteiger partial charge in [0.05, 0.1) is 12.7 Å². The van der Waals surface area contributed by atoms with E-state index in [0.29, 0.717) is 6.10 Å². The van der Waals surface area contributed by atoms with E-state index in [0.717, 1.165) is 6.61 Å². The maximum atomic E-state index is 5.28. The summed E-state index contributed by atoms with van der Waals surface area (Å²) in [6.07, 6.45) is 55.2. The number of epoxide rings is 1. The van der Waals surface area contributed by atoms with Crippen LogP contribution in [0.1, 0.15) is 244 Å². The van der Waals surface area contributed by atoms with Crippen molar-refractivity contribution in [2.75, 3.05) is 6.61 Å². The van der Waals surface area contributed by atoms with Crippen LogP contribution in [0.2, 0.25) is 0 Å². The SMILES string of the molecule is CCCCCCCCCCCCCCCCCCCCCCCCCCCCCCCCCCCCCCC1CO1. The summed E-state index contributed by atoms with van der Waals surface area (Å²) >= 11 is 0. The van der Waals surface area contributed by atoms with Gasteiger partial charge in [0, 0.05) is 0 Å². The van der Waals surface area contributed by atoms with E-state index in [9.17, 15) is 0 Å². The van der Waals surface area contributed by atoms with Gasteiger partial charge in [0.2, 0.25) is 0 Å². The summed E-state index contributed by atoms with van der Waals surface area (Å²) in [6, 6.07) is 0. The molecule has 1 heterocycles. The minimum Gasteiger partial charge on any atom is -0.373 e. The average molecular weight is 577 g/mol. The smallest absolute Gasteiger partial charge is 0.0810 e. The van der Waals surface area contributed by atoms with Gasteiger partial charge in [0.1, 0.15) is 0 Å². The van der Waals surface area contributed by atoms with E-state index in [-0.39, 0.29) is 0 Å². The van der Waals surface area contributed by atoms with Crippen molar-refractivity contribution in [3.05, 3.63) is 0 Å². The summed E-state index contributed by atoms with van der Waals surface area (Å²) in [5, 5.41) is 0. The number of hydrogen-bond acceptors (Lipinski definition) is 1. The Morgan fingerprint density at radius 2 is 0.463 bits per heavy atom. The van der Waals surface area contributed by atoms with Crippen LogP contribution in [0.3, 0.4) is 0 Å². The fraction of sp³-hybridized carbons (Fsp3) is 1.00. The maximum absolute atomic E-state index is 5.28. The quantitative estimate of drug-likeness (QED) is 0.0529. The van der Waals surface area contributed by atoms with Crippen LogP contribution in [0.5, 0.6) is 0 Å². The van der Waals surface area contributed by atoms with Gasteiger partial charge in [0.25, 0.3) is 0 Å². The zero-order chi connectivity index (χ0) is 29.2. The predicted octanol–water partition coefficient (Wildman–Crippen LogP) is 14.8. The van der Waals surface area contributed by atoms with Crippen LogP contribution < -0.4 is 0 Å². The highest BCUT2D eigenvalue weighted by atomic mass is 16.6. The number of hydrogen-bond donors (Lipinski definition) is 0. The van der Waals surface area contributed by atoms with Crippen molar-refractivity contribution in [2.45, 2.75) is 251 Å². The second kappa shape index (κ2) is 34.5. The van der Waals surface area contributed by atoms with Crippen molar-refractivity contribution in [3.63, 3.8) is 0 Å². The minimum absolute atomic E-state index is 0.646. The zero-order valence-corrected chi connectivity index (χ0v) is 28.9. The van der Waals surface area contributed by atoms with Gasteiger partial charge in [-0.25, -0.2) is 0 Å². The van der Waals surface area contributed by atoms with Gasteiger partial charge < -0.3 is 4.74 Å². The summed E-state index contributed by atoms with van der Waals surface area (Å²) < 4.78 is 5.28. The van der Waals surface area contributed by atoms with Gasteiger partial charge in [-0.3, -0.25) is 0 Å². The number of ether oxygens (including phenoxy) is 1. The molecule has 0 spiro atoms. The molecule has 0 aromatic heterocycles. The third kappa shape index (κ3) is 34.3. The first-order valence-corrected chi connectivity index (χ1v) is 20.0. The lowest BCUT2D eigenvalue weighted by Crippen LogP contribution is -1.86. The first-order valence-electron chi connectivity index (χ1n) is 20.0. The van der Waals surface area contributed by atoms with Gasteiger partial charge in [-0.15, -0.1) is 0 Å². The highest BCUT2D eigenvalue weighted by Crippen LogP contribution is 2.19. The standard InChI is InChI=1S/C40H80O/c1-2-3-4-5-6-7-8-9-10-11-12-13-14-15-16-17-18-19-20-21-22-23-24-25-26-27-28-29-30-31-32-33-34-35-36-37-38-40-39-41-40/h40H,2-39H2,1H3. The van der Waals surface area contributed by atoms with E-state index in [2.05, 4.69) is 6.92 Å². The molecule has 0 amide bonds. The van der Waals surface area contributed by atoms with Crippen molar-refractivity contribution in [1.82, 2.24) is 0 Å². The lowest BCUT2D eigenvalue weighted by molar-refractivity contribution is 0.387. The van der Waals surface area contributed by atoms with E-state index >= 15 is 0 Å². The molecule has 1 rings (SSSR count). The molecule has 1 nitrogen and oxygen atoms in total. The Bertz CT molecular complexity index is 456. The summed E-state index contributed by atoms with van der Waals surface area (Å²) in [7, 11) is 0. The molecule has 0 radical (unpaired) electrons. The van der Waals surface area contributed by atoms with E-state index in [1.54, 1.807) is 0 Å². The summed E-state index contributed by atoms with van der Waals surface area (Å²) in [4.78, 5) is 0. The van der Waals surface area contributed by atoms with Crippen LogP contribution in [0.4, 0.5) is 0 Å². The first kappa shape index (κ1) is 39.0. The molecular weight excluding hydrogens is 496 g/mol. The third-order valence-electron chi connectivity index (χ3n) is 9.78. The second-order valence-corrected chi connectivity index (χ2v) is 14.1. The molecule has 1 fully saturated rings. The normalized spacial score (nSPS) is 14.7. The van der Waals surface area contributed by atoms with Crippen LogP contribution in [0.25, 0.3) is 0 Å². The molecule has 246 valence electrons. The van der Waals surface area contributed by atoms with Crippen LogP contribution in [-0.2, 0) is 4.74 Å². The predicted molar refractivity (Wildman–Crippen MR) is 186 cm³/mol. The van der Waals surface area contributed by atoms with Gasteiger partial charge in [-0.2, -0.15) is 0 Å². The second-order valence-electron chi connectivity index (χ2n) is 14.1. The van der Waals surface area contributed by atoms with Crippen molar-refractivity contribution in [3.8, 4) is 0 Å². The summed E-state index contributed by atoms with van der Waals surface area (Å²) in [6.45, 7) is 3.35. The number of unbranched alkanes of at least 4 members (excludes halogenated alkanes) is 35. The van der Waals surface area contributed by atoms with Crippen molar-refractivity contribution >= 4 is 0 Å². The lowest BCUT2D eigenvalue weighted by atomic mass is 10.0. The molecule has 1 aliphatic heterocycles. The Morgan fingerprint density at radius 1 is 0.293 bits per heavy atom. The highest BCUT2D eigenvalue weighted by Gasteiger charge is 2.20. The molecule has 1 heteroatoms. The van der Waals surface area contributed by atoms with Crippen LogP contribution >= 0.6 is 0 Å². The lowest BCUT2D eigenvalue weighted by Gasteiger charge is -2.05. The molecule has 0 bridgehead atoms. The fourth-order valence-corrected chi connectivity index (χ4v) is 6.69.